The van der Waals surface area contributed by atoms with Gasteiger partial charge in [-0.15, -0.1) is 0 Å². The molecule has 8 nitrogen and oxygen atoms in total. The van der Waals surface area contributed by atoms with E-state index in [1.54, 1.807) is 0 Å². The van der Waals surface area contributed by atoms with Crippen LogP contribution in [0.2, 0.25) is 0 Å². The van der Waals surface area contributed by atoms with Gasteiger partial charge in [0.15, 0.2) is 6.29 Å². The minimum atomic E-state index is -1.19. The number of ether oxygens (including phenoxy) is 2. The summed E-state index contributed by atoms with van der Waals surface area (Å²) in [7, 11) is 0. The molecule has 1 aromatic rings. The van der Waals surface area contributed by atoms with E-state index in [0.717, 1.165) is 5.56 Å². The second kappa shape index (κ2) is 8.28. The summed E-state index contributed by atoms with van der Waals surface area (Å²) in [5.74, 6) is 0. The summed E-state index contributed by atoms with van der Waals surface area (Å²) in [6.07, 6.45) is -2.36. The SMILES string of the molecule is N[C@@H]1CC[C@@H]([C@H](N)c2ccccc2)O[C@@H]1O[C@H]1[C@H](O)[C@@H](O)[C@H](N)C[C@@H]1N. The highest BCUT2D eigenvalue weighted by Crippen LogP contribution is 2.30. The zero-order valence-electron chi connectivity index (χ0n) is 14.7. The Kier molecular flexibility index (Phi) is 6.26. The predicted octanol–water partition coefficient (Wildman–Crippen LogP) is -1.32. The van der Waals surface area contributed by atoms with E-state index in [2.05, 4.69) is 0 Å². The third-order valence-corrected chi connectivity index (χ3v) is 5.41. The zero-order chi connectivity index (χ0) is 18.8. The number of hydrogen-bond acceptors (Lipinski definition) is 8. The molecule has 0 bridgehead atoms. The van der Waals surface area contributed by atoms with E-state index in [-0.39, 0.29) is 18.2 Å². The molecule has 1 saturated carbocycles. The van der Waals surface area contributed by atoms with Crippen LogP contribution in [0.3, 0.4) is 0 Å². The average molecular weight is 366 g/mol. The molecule has 146 valence electrons. The van der Waals surface area contributed by atoms with Gasteiger partial charge in [0.1, 0.15) is 12.2 Å². The topological polar surface area (TPSA) is 163 Å². The molecule has 0 aromatic heterocycles. The van der Waals surface area contributed by atoms with E-state index in [0.29, 0.717) is 19.3 Å². The first-order chi connectivity index (χ1) is 12.4. The molecule has 1 aliphatic carbocycles. The van der Waals surface area contributed by atoms with Crippen LogP contribution in [-0.4, -0.2) is 59.0 Å². The number of hydrogen-bond donors (Lipinski definition) is 6. The first kappa shape index (κ1) is 19.7. The maximum absolute atomic E-state index is 10.3. The van der Waals surface area contributed by atoms with Crippen molar-refractivity contribution in [3.8, 4) is 0 Å². The molecule has 8 heteroatoms. The van der Waals surface area contributed by atoms with Gasteiger partial charge in [-0.1, -0.05) is 30.3 Å². The maximum atomic E-state index is 10.3. The Morgan fingerprint density at radius 2 is 1.65 bits per heavy atom. The van der Waals surface area contributed by atoms with Crippen LogP contribution in [0.15, 0.2) is 30.3 Å². The number of rotatable bonds is 4. The van der Waals surface area contributed by atoms with Crippen molar-refractivity contribution < 1.29 is 19.7 Å². The first-order valence-electron chi connectivity index (χ1n) is 9.12. The molecule has 1 heterocycles. The second-order valence-corrected chi connectivity index (χ2v) is 7.37. The number of benzene rings is 1. The van der Waals surface area contributed by atoms with Gasteiger partial charge in [-0.3, -0.25) is 0 Å². The molecule has 2 aliphatic rings. The lowest BCUT2D eigenvalue weighted by atomic mass is 9.84. The molecular weight excluding hydrogens is 336 g/mol. The van der Waals surface area contributed by atoms with Crippen molar-refractivity contribution in [1.29, 1.82) is 0 Å². The summed E-state index contributed by atoms with van der Waals surface area (Å²) in [6, 6.07) is 7.94. The van der Waals surface area contributed by atoms with Crippen LogP contribution in [0.4, 0.5) is 0 Å². The lowest BCUT2D eigenvalue weighted by Gasteiger charge is -2.44. The van der Waals surface area contributed by atoms with Gasteiger partial charge in [-0.25, -0.2) is 0 Å². The van der Waals surface area contributed by atoms with Gasteiger partial charge >= 0.3 is 0 Å². The van der Waals surface area contributed by atoms with Crippen molar-refractivity contribution in [3.05, 3.63) is 35.9 Å². The van der Waals surface area contributed by atoms with Gasteiger partial charge in [0, 0.05) is 12.1 Å². The molecule has 1 saturated heterocycles. The Bertz CT molecular complexity index is 578. The quantitative estimate of drug-likeness (QED) is 0.382. The Labute approximate surface area is 153 Å². The Balaban J connectivity index is 1.67. The summed E-state index contributed by atoms with van der Waals surface area (Å²) in [6.45, 7) is 0. The monoisotopic (exact) mass is 366 g/mol. The van der Waals surface area contributed by atoms with E-state index < -0.39 is 36.7 Å². The molecule has 0 amide bonds. The summed E-state index contributed by atoms with van der Waals surface area (Å²) in [5.41, 5.74) is 25.3. The van der Waals surface area contributed by atoms with Gasteiger partial charge in [0.2, 0.25) is 0 Å². The number of aliphatic hydroxyl groups excluding tert-OH is 2. The standard InChI is InChI=1S/C18H30N4O4/c19-10-6-7-13(14(22)9-4-2-1-3-5-9)25-18(10)26-17-12(21)8-11(20)15(23)16(17)24/h1-5,10-18,23-24H,6-8,19-22H2/t10-,11-,12+,13+,14-,15+,16-,17-,18-/m1/s1. The highest BCUT2D eigenvalue weighted by Gasteiger charge is 2.44. The normalized spacial score (nSPS) is 42.4. The van der Waals surface area contributed by atoms with Crippen LogP contribution in [0, 0.1) is 0 Å². The van der Waals surface area contributed by atoms with Gasteiger partial charge in [-0.05, 0) is 24.8 Å². The van der Waals surface area contributed by atoms with Gasteiger partial charge in [-0.2, -0.15) is 0 Å². The lowest BCUT2D eigenvalue weighted by Crippen LogP contribution is -2.64. The molecule has 0 spiro atoms. The molecule has 3 rings (SSSR count). The van der Waals surface area contributed by atoms with Crippen molar-refractivity contribution >= 4 is 0 Å². The van der Waals surface area contributed by atoms with Crippen molar-refractivity contribution in [2.24, 2.45) is 22.9 Å². The molecule has 1 aromatic carbocycles. The molecule has 0 unspecified atom stereocenters. The van der Waals surface area contributed by atoms with Crippen LogP contribution in [0.1, 0.15) is 30.9 Å². The van der Waals surface area contributed by atoms with E-state index >= 15 is 0 Å². The first-order valence-corrected chi connectivity index (χ1v) is 9.12. The van der Waals surface area contributed by atoms with Crippen LogP contribution in [0.5, 0.6) is 0 Å². The van der Waals surface area contributed by atoms with E-state index in [1.807, 2.05) is 30.3 Å². The average Bonchev–Trinajstić information content (AvgIpc) is 2.65. The molecule has 26 heavy (non-hydrogen) atoms. The van der Waals surface area contributed by atoms with E-state index in [1.165, 1.54) is 0 Å². The summed E-state index contributed by atoms with van der Waals surface area (Å²) >= 11 is 0. The van der Waals surface area contributed by atoms with Crippen LogP contribution in [-0.2, 0) is 9.47 Å². The fourth-order valence-corrected chi connectivity index (χ4v) is 3.75. The third-order valence-electron chi connectivity index (χ3n) is 5.41. The van der Waals surface area contributed by atoms with Crippen molar-refractivity contribution in [2.75, 3.05) is 0 Å². The Morgan fingerprint density at radius 3 is 2.35 bits per heavy atom. The second-order valence-electron chi connectivity index (χ2n) is 7.37. The lowest BCUT2D eigenvalue weighted by molar-refractivity contribution is -0.256. The fourth-order valence-electron chi connectivity index (χ4n) is 3.75. The van der Waals surface area contributed by atoms with Crippen LogP contribution in [0.25, 0.3) is 0 Å². The van der Waals surface area contributed by atoms with Gasteiger partial charge < -0.3 is 42.6 Å². The fraction of sp³-hybridized carbons (Fsp3) is 0.667. The number of aliphatic hydroxyl groups is 2. The van der Waals surface area contributed by atoms with E-state index in [4.69, 9.17) is 32.4 Å². The number of nitrogens with two attached hydrogens (primary N) is 4. The minimum absolute atomic E-state index is 0.258. The Morgan fingerprint density at radius 1 is 0.962 bits per heavy atom. The zero-order valence-corrected chi connectivity index (χ0v) is 14.7. The minimum Gasteiger partial charge on any atom is -0.389 e. The van der Waals surface area contributed by atoms with Crippen LogP contribution >= 0.6 is 0 Å². The summed E-state index contributed by atoms with van der Waals surface area (Å²) in [5, 5.41) is 20.3. The summed E-state index contributed by atoms with van der Waals surface area (Å²) < 4.78 is 11.9. The molecule has 0 radical (unpaired) electrons. The largest absolute Gasteiger partial charge is 0.389 e. The predicted molar refractivity (Wildman–Crippen MR) is 96.7 cm³/mol. The van der Waals surface area contributed by atoms with Crippen molar-refractivity contribution in [3.63, 3.8) is 0 Å². The molecule has 1 aliphatic heterocycles. The third kappa shape index (κ3) is 4.08. The highest BCUT2D eigenvalue weighted by atomic mass is 16.7. The van der Waals surface area contributed by atoms with Crippen molar-refractivity contribution in [1.82, 2.24) is 0 Å². The molecule has 10 N–H and O–H groups in total. The van der Waals surface area contributed by atoms with Crippen molar-refractivity contribution in [2.45, 2.75) is 74.1 Å². The van der Waals surface area contributed by atoms with Gasteiger partial charge in [0.05, 0.1) is 24.3 Å². The maximum Gasteiger partial charge on any atom is 0.173 e. The Hall–Kier alpha value is -1.10. The van der Waals surface area contributed by atoms with E-state index in [9.17, 15) is 10.2 Å². The van der Waals surface area contributed by atoms with Gasteiger partial charge in [0.25, 0.3) is 0 Å². The molecule has 9 atom stereocenters. The summed E-state index contributed by atoms with van der Waals surface area (Å²) in [4.78, 5) is 0. The molecule has 2 fully saturated rings. The molecular formula is C18H30N4O4. The highest BCUT2D eigenvalue weighted by molar-refractivity contribution is 5.19. The smallest absolute Gasteiger partial charge is 0.173 e. The van der Waals surface area contributed by atoms with Crippen LogP contribution < -0.4 is 22.9 Å².